The molecule has 1 saturated heterocycles. The molecule has 100 valence electrons. The summed E-state index contributed by atoms with van der Waals surface area (Å²) in [5.41, 5.74) is 2.71. The van der Waals surface area contributed by atoms with E-state index in [1.54, 1.807) is 6.20 Å². The molecule has 18 heavy (non-hydrogen) atoms. The summed E-state index contributed by atoms with van der Waals surface area (Å²) >= 11 is 0. The maximum atomic E-state index is 9.38. The number of rotatable bonds is 3. The van der Waals surface area contributed by atoms with Gasteiger partial charge < -0.3 is 19.8 Å². The van der Waals surface area contributed by atoms with Crippen LogP contribution in [0.25, 0.3) is 0 Å². The molecule has 2 atom stereocenters. The Hall–Kier alpha value is -1.17. The van der Waals surface area contributed by atoms with Crippen molar-refractivity contribution in [1.29, 1.82) is 0 Å². The van der Waals surface area contributed by atoms with Crippen LogP contribution in [0.3, 0.4) is 0 Å². The third kappa shape index (κ3) is 2.80. The number of hydrogen-bond donors (Lipinski definition) is 2. The van der Waals surface area contributed by atoms with Gasteiger partial charge in [-0.1, -0.05) is 0 Å². The smallest absolute Gasteiger partial charge is 0.0984 e. The zero-order valence-electron chi connectivity index (χ0n) is 10.8. The average Bonchev–Trinajstić information content (AvgIpc) is 2.38. The zero-order chi connectivity index (χ0) is 13.1. The highest BCUT2D eigenvalue weighted by Gasteiger charge is 2.26. The van der Waals surface area contributed by atoms with Gasteiger partial charge in [0.15, 0.2) is 0 Å². The highest BCUT2D eigenvalue weighted by atomic mass is 16.5. The summed E-state index contributed by atoms with van der Waals surface area (Å²) in [7, 11) is 0. The predicted octanol–water partition coefficient (Wildman–Crippen LogP) is 0.468. The molecule has 2 heterocycles. The molecule has 0 aromatic carbocycles. The van der Waals surface area contributed by atoms with Gasteiger partial charge >= 0.3 is 0 Å². The minimum Gasteiger partial charge on any atom is -0.394 e. The molecular formula is C13H20N2O3. The molecule has 1 aromatic rings. The first-order valence-electron chi connectivity index (χ1n) is 6.21. The van der Waals surface area contributed by atoms with E-state index >= 15 is 0 Å². The molecule has 5 heteroatoms. The molecule has 0 bridgehead atoms. The molecular weight excluding hydrogens is 232 g/mol. The molecule has 0 aliphatic carbocycles. The highest BCUT2D eigenvalue weighted by Crippen LogP contribution is 2.24. The van der Waals surface area contributed by atoms with Crippen molar-refractivity contribution < 1.29 is 14.9 Å². The first-order valence-corrected chi connectivity index (χ1v) is 6.21. The lowest BCUT2D eigenvalue weighted by Gasteiger charge is -2.38. The summed E-state index contributed by atoms with van der Waals surface area (Å²) in [5.74, 6) is 0. The molecule has 2 N–H and O–H groups in total. The number of morpholine rings is 1. The number of pyridine rings is 1. The largest absolute Gasteiger partial charge is 0.394 e. The normalized spacial score (nSPS) is 24.3. The predicted molar refractivity (Wildman–Crippen MR) is 68.5 cm³/mol. The van der Waals surface area contributed by atoms with E-state index < -0.39 is 0 Å². The van der Waals surface area contributed by atoms with Crippen LogP contribution in [0.5, 0.6) is 0 Å². The maximum absolute atomic E-state index is 9.38. The number of aliphatic hydroxyl groups excluding tert-OH is 2. The van der Waals surface area contributed by atoms with Crippen molar-refractivity contribution in [1.82, 2.24) is 4.98 Å². The van der Waals surface area contributed by atoms with Crippen LogP contribution >= 0.6 is 0 Å². The number of hydrogen-bond acceptors (Lipinski definition) is 5. The average molecular weight is 252 g/mol. The van der Waals surface area contributed by atoms with Gasteiger partial charge in [-0.25, -0.2) is 0 Å². The molecule has 1 fully saturated rings. The number of ether oxygens (including phenoxy) is 1. The fourth-order valence-corrected chi connectivity index (χ4v) is 2.33. The Bertz CT molecular complexity index is 411. The number of anilines is 1. The summed E-state index contributed by atoms with van der Waals surface area (Å²) in [6.45, 7) is 5.29. The summed E-state index contributed by atoms with van der Waals surface area (Å²) in [6.07, 6.45) is 1.60. The van der Waals surface area contributed by atoms with Crippen LogP contribution in [0, 0.1) is 6.92 Å². The third-order valence-corrected chi connectivity index (χ3v) is 3.14. The van der Waals surface area contributed by atoms with E-state index in [1.165, 1.54) is 0 Å². The monoisotopic (exact) mass is 252 g/mol. The highest BCUT2D eigenvalue weighted by molar-refractivity contribution is 5.54. The molecule has 0 radical (unpaired) electrons. The zero-order valence-corrected chi connectivity index (χ0v) is 10.8. The quantitative estimate of drug-likeness (QED) is 0.818. The Labute approximate surface area is 107 Å². The van der Waals surface area contributed by atoms with Crippen LogP contribution in [0.15, 0.2) is 12.3 Å². The van der Waals surface area contributed by atoms with Crippen molar-refractivity contribution in [2.45, 2.75) is 32.7 Å². The number of aromatic nitrogens is 1. The van der Waals surface area contributed by atoms with Crippen LogP contribution < -0.4 is 4.90 Å². The van der Waals surface area contributed by atoms with Gasteiger partial charge in [-0.2, -0.15) is 0 Å². The van der Waals surface area contributed by atoms with Gasteiger partial charge in [-0.3, -0.25) is 4.98 Å². The van der Waals surface area contributed by atoms with Crippen molar-refractivity contribution in [3.63, 3.8) is 0 Å². The molecule has 2 unspecified atom stereocenters. The van der Waals surface area contributed by atoms with Gasteiger partial charge in [-0.15, -0.1) is 0 Å². The first kappa shape index (κ1) is 13.3. The second-order valence-corrected chi connectivity index (χ2v) is 4.77. The number of aliphatic hydroxyl groups is 2. The Morgan fingerprint density at radius 2 is 2.22 bits per heavy atom. The van der Waals surface area contributed by atoms with Crippen LogP contribution in [-0.4, -0.2) is 47.1 Å². The molecule has 1 aliphatic heterocycles. The molecule has 0 spiro atoms. The lowest BCUT2D eigenvalue weighted by Crippen LogP contribution is -2.48. The second kappa shape index (κ2) is 5.65. The third-order valence-electron chi connectivity index (χ3n) is 3.14. The van der Waals surface area contributed by atoms with Gasteiger partial charge in [-0.05, 0) is 19.9 Å². The van der Waals surface area contributed by atoms with Crippen LogP contribution in [0.1, 0.15) is 18.2 Å². The van der Waals surface area contributed by atoms with E-state index in [-0.39, 0.29) is 25.4 Å². The molecule has 1 aliphatic rings. The number of nitrogens with zero attached hydrogens (tertiary/aromatic N) is 2. The molecule has 0 amide bonds. The molecule has 0 saturated carbocycles. The van der Waals surface area contributed by atoms with E-state index in [1.807, 2.05) is 19.9 Å². The second-order valence-electron chi connectivity index (χ2n) is 4.77. The van der Waals surface area contributed by atoms with Crippen molar-refractivity contribution in [3.05, 3.63) is 23.5 Å². The number of aryl methyl sites for hydroxylation is 1. The van der Waals surface area contributed by atoms with Gasteiger partial charge in [0, 0.05) is 36.2 Å². The van der Waals surface area contributed by atoms with Crippen molar-refractivity contribution in [2.24, 2.45) is 0 Å². The van der Waals surface area contributed by atoms with E-state index in [9.17, 15) is 10.2 Å². The van der Waals surface area contributed by atoms with Crippen molar-refractivity contribution >= 4 is 5.69 Å². The van der Waals surface area contributed by atoms with Gasteiger partial charge in [0.25, 0.3) is 0 Å². The van der Waals surface area contributed by atoms with E-state index in [0.29, 0.717) is 6.54 Å². The van der Waals surface area contributed by atoms with Crippen LogP contribution in [0.2, 0.25) is 0 Å². The van der Waals surface area contributed by atoms with Gasteiger partial charge in [0.1, 0.15) is 0 Å². The Morgan fingerprint density at radius 1 is 1.44 bits per heavy atom. The van der Waals surface area contributed by atoms with Crippen molar-refractivity contribution in [2.75, 3.05) is 24.6 Å². The Morgan fingerprint density at radius 3 is 2.89 bits per heavy atom. The summed E-state index contributed by atoms with van der Waals surface area (Å²) in [6, 6.07) is 1.97. The fourth-order valence-electron chi connectivity index (χ4n) is 2.33. The maximum Gasteiger partial charge on any atom is 0.0984 e. The Balaban J connectivity index is 2.26. The lowest BCUT2D eigenvalue weighted by molar-refractivity contribution is -0.0421. The van der Waals surface area contributed by atoms with Crippen LogP contribution in [-0.2, 0) is 11.3 Å². The SMILES string of the molecule is Cc1cc(N2CC(C)OC(CO)C2)c(CO)cn1. The Kier molecular flexibility index (Phi) is 4.16. The first-order chi connectivity index (χ1) is 8.63. The van der Waals surface area contributed by atoms with Gasteiger partial charge in [0.05, 0.1) is 25.4 Å². The topological polar surface area (TPSA) is 65.8 Å². The summed E-state index contributed by atoms with van der Waals surface area (Å²) in [5, 5.41) is 18.6. The summed E-state index contributed by atoms with van der Waals surface area (Å²) < 4.78 is 5.62. The van der Waals surface area contributed by atoms with Crippen LogP contribution in [0.4, 0.5) is 5.69 Å². The van der Waals surface area contributed by atoms with E-state index in [4.69, 9.17) is 4.74 Å². The van der Waals surface area contributed by atoms with E-state index in [0.717, 1.165) is 23.5 Å². The minimum atomic E-state index is -0.172. The van der Waals surface area contributed by atoms with Gasteiger partial charge in [0.2, 0.25) is 0 Å². The molecule has 1 aromatic heterocycles. The summed E-state index contributed by atoms with van der Waals surface area (Å²) in [4.78, 5) is 6.34. The van der Waals surface area contributed by atoms with E-state index in [2.05, 4.69) is 9.88 Å². The lowest BCUT2D eigenvalue weighted by atomic mass is 10.1. The molecule has 5 nitrogen and oxygen atoms in total. The standard InChI is InChI=1S/C13H20N2O3/c1-9-3-13(11(7-16)4-14-9)15-5-10(2)18-12(6-15)8-17/h3-4,10,12,16-17H,5-8H2,1-2H3. The minimum absolute atomic E-state index is 0.0133. The fraction of sp³-hybridized carbons (Fsp3) is 0.615. The molecule has 2 rings (SSSR count). The van der Waals surface area contributed by atoms with Crippen molar-refractivity contribution in [3.8, 4) is 0 Å².